The largest absolute Gasteiger partial charge is 0.478 e. The van der Waals surface area contributed by atoms with E-state index in [4.69, 9.17) is 0 Å². The summed E-state index contributed by atoms with van der Waals surface area (Å²) in [4.78, 5) is 25.8. The second-order valence-corrected chi connectivity index (χ2v) is 8.47. The number of aliphatic carboxylic acids is 1. The molecule has 2 aromatic carbocycles. The summed E-state index contributed by atoms with van der Waals surface area (Å²) in [6.07, 6.45) is 1.12. The van der Waals surface area contributed by atoms with Gasteiger partial charge in [-0.1, -0.05) is 61.9 Å². The quantitative estimate of drug-likeness (QED) is 0.254. The number of hydrogen-bond acceptors (Lipinski definition) is 8. The van der Waals surface area contributed by atoms with Crippen molar-refractivity contribution in [2.75, 3.05) is 6.61 Å². The van der Waals surface area contributed by atoms with E-state index in [1.54, 1.807) is 24.3 Å². The standard InChI is InChI=1S/C24H29N5O6/c1-3-4-9-20(31)29(24(35,22(32)33)23(2,34)15-30)14-16-10-12-17(13-11-16)18-7-5-6-8-19(18)21-25-27-28-26-21/h5-8,10-13,30,34-35H,3-4,9,14-15H2,1-2H3,(H,32,33)(H,25,26,27,28)/t23?,24-/m1/s1. The van der Waals surface area contributed by atoms with Crippen molar-refractivity contribution in [3.8, 4) is 22.5 Å². The minimum atomic E-state index is -3.05. The fourth-order valence-electron chi connectivity index (χ4n) is 3.77. The molecule has 3 rings (SSSR count). The normalized spacial score (nSPS) is 14.7. The van der Waals surface area contributed by atoms with E-state index in [0.29, 0.717) is 29.1 Å². The number of aromatic amines is 1. The molecule has 11 nitrogen and oxygen atoms in total. The third kappa shape index (κ3) is 5.21. The molecular formula is C24H29N5O6. The molecule has 0 fully saturated rings. The van der Waals surface area contributed by atoms with Crippen LogP contribution >= 0.6 is 0 Å². The lowest BCUT2D eigenvalue weighted by Gasteiger charge is -2.44. The lowest BCUT2D eigenvalue weighted by molar-refractivity contribution is -0.244. The van der Waals surface area contributed by atoms with Crippen molar-refractivity contribution in [2.45, 2.75) is 51.0 Å². The van der Waals surface area contributed by atoms with Gasteiger partial charge in [-0.2, -0.15) is 5.21 Å². The van der Waals surface area contributed by atoms with Gasteiger partial charge in [-0.3, -0.25) is 9.69 Å². The molecule has 0 aliphatic carbocycles. The third-order valence-corrected chi connectivity index (χ3v) is 5.91. The molecule has 0 aliphatic heterocycles. The highest BCUT2D eigenvalue weighted by Gasteiger charge is 2.58. The molecular weight excluding hydrogens is 454 g/mol. The zero-order valence-electron chi connectivity index (χ0n) is 19.5. The molecule has 5 N–H and O–H groups in total. The van der Waals surface area contributed by atoms with Gasteiger partial charge in [0, 0.05) is 18.5 Å². The summed E-state index contributed by atoms with van der Waals surface area (Å²) in [6.45, 7) is 1.47. The molecule has 1 heterocycles. The number of benzene rings is 2. The molecule has 11 heteroatoms. The van der Waals surface area contributed by atoms with Crippen LogP contribution < -0.4 is 0 Å². The Kier molecular flexibility index (Phi) is 7.95. The Morgan fingerprint density at radius 2 is 1.71 bits per heavy atom. The van der Waals surface area contributed by atoms with Crippen molar-refractivity contribution >= 4 is 11.9 Å². The monoisotopic (exact) mass is 483 g/mol. The number of H-pyrrole nitrogens is 1. The molecule has 1 unspecified atom stereocenters. The molecule has 186 valence electrons. The number of aliphatic hydroxyl groups is 3. The zero-order chi connectivity index (χ0) is 25.6. The van der Waals surface area contributed by atoms with E-state index < -0.39 is 29.8 Å². The number of hydrogen-bond donors (Lipinski definition) is 5. The van der Waals surface area contributed by atoms with Crippen LogP contribution in [-0.4, -0.2) is 75.8 Å². The number of tetrazole rings is 1. The Bertz CT molecular complexity index is 1150. The lowest BCUT2D eigenvalue weighted by atomic mass is 9.90. The molecule has 1 aromatic heterocycles. The highest BCUT2D eigenvalue weighted by molar-refractivity contribution is 5.87. The average molecular weight is 484 g/mol. The topological polar surface area (TPSA) is 173 Å². The summed E-state index contributed by atoms with van der Waals surface area (Å²) in [6, 6.07) is 14.4. The third-order valence-electron chi connectivity index (χ3n) is 5.91. The second kappa shape index (κ2) is 10.7. The number of aromatic nitrogens is 4. The summed E-state index contributed by atoms with van der Waals surface area (Å²) in [5.41, 5.74) is -2.63. The molecule has 2 atom stereocenters. The molecule has 0 bridgehead atoms. The minimum Gasteiger partial charge on any atom is -0.478 e. The second-order valence-electron chi connectivity index (χ2n) is 8.47. The maximum atomic E-state index is 13.0. The number of carboxylic acid groups (broad SMARTS) is 1. The number of unbranched alkanes of at least 4 members (excludes halogenated alkanes) is 1. The number of nitrogens with one attached hydrogen (secondary N) is 1. The van der Waals surface area contributed by atoms with Crippen LogP contribution in [0.5, 0.6) is 0 Å². The Balaban J connectivity index is 1.97. The first-order valence-corrected chi connectivity index (χ1v) is 11.2. The summed E-state index contributed by atoms with van der Waals surface area (Å²) in [5, 5.41) is 55.1. The number of carboxylic acids is 1. The van der Waals surface area contributed by atoms with Gasteiger partial charge in [0.15, 0.2) is 0 Å². The van der Waals surface area contributed by atoms with Gasteiger partial charge in [0.05, 0.1) is 6.61 Å². The van der Waals surface area contributed by atoms with Crippen LogP contribution in [0.2, 0.25) is 0 Å². The van der Waals surface area contributed by atoms with Crippen LogP contribution in [0, 0.1) is 0 Å². The average Bonchev–Trinajstić information content (AvgIpc) is 3.40. The van der Waals surface area contributed by atoms with Crippen LogP contribution in [0.25, 0.3) is 22.5 Å². The van der Waals surface area contributed by atoms with Gasteiger partial charge in [-0.15, -0.1) is 10.2 Å². The highest BCUT2D eigenvalue weighted by Crippen LogP contribution is 2.32. The van der Waals surface area contributed by atoms with Crippen LogP contribution in [0.15, 0.2) is 48.5 Å². The van der Waals surface area contributed by atoms with E-state index >= 15 is 0 Å². The van der Waals surface area contributed by atoms with Crippen LogP contribution in [0.3, 0.4) is 0 Å². The summed E-state index contributed by atoms with van der Waals surface area (Å²) in [7, 11) is 0. The molecule has 35 heavy (non-hydrogen) atoms. The molecule has 0 saturated carbocycles. The predicted octanol–water partition coefficient (Wildman–Crippen LogP) is 1.57. The van der Waals surface area contributed by atoms with Gasteiger partial charge < -0.3 is 20.4 Å². The molecule has 3 aromatic rings. The molecule has 0 saturated heterocycles. The number of aliphatic hydroxyl groups excluding tert-OH is 1. The van der Waals surface area contributed by atoms with E-state index in [1.807, 2.05) is 31.2 Å². The van der Waals surface area contributed by atoms with Crippen molar-refractivity contribution in [3.63, 3.8) is 0 Å². The first-order valence-electron chi connectivity index (χ1n) is 11.2. The summed E-state index contributed by atoms with van der Waals surface area (Å²) < 4.78 is 0. The van der Waals surface area contributed by atoms with Gasteiger partial charge in [0.25, 0.3) is 5.72 Å². The van der Waals surface area contributed by atoms with Gasteiger partial charge in [-0.05, 0) is 35.2 Å². The van der Waals surface area contributed by atoms with Gasteiger partial charge in [-0.25, -0.2) is 4.79 Å². The maximum absolute atomic E-state index is 13.0. The lowest BCUT2D eigenvalue weighted by Crippen LogP contribution is -2.70. The first-order chi connectivity index (χ1) is 16.7. The van der Waals surface area contributed by atoms with E-state index in [2.05, 4.69) is 20.6 Å². The smallest absolute Gasteiger partial charge is 0.360 e. The molecule has 0 radical (unpaired) electrons. The highest BCUT2D eigenvalue weighted by atomic mass is 16.4. The van der Waals surface area contributed by atoms with Crippen molar-refractivity contribution < 1.29 is 30.0 Å². The van der Waals surface area contributed by atoms with Crippen LogP contribution in [0.4, 0.5) is 0 Å². The SMILES string of the molecule is CCCCC(=O)N(Cc1ccc(-c2ccccc2-c2nn[nH]n2)cc1)[C@@](O)(C(=O)O)C(C)(O)CO. The van der Waals surface area contributed by atoms with E-state index in [-0.39, 0.29) is 13.0 Å². The Morgan fingerprint density at radius 3 is 2.26 bits per heavy atom. The predicted molar refractivity (Wildman–Crippen MR) is 125 cm³/mol. The van der Waals surface area contributed by atoms with Gasteiger partial charge >= 0.3 is 5.97 Å². The summed E-state index contributed by atoms with van der Waals surface area (Å²) >= 11 is 0. The number of amides is 1. The van der Waals surface area contributed by atoms with Crippen molar-refractivity contribution in [2.24, 2.45) is 0 Å². The van der Waals surface area contributed by atoms with Crippen LogP contribution in [-0.2, 0) is 16.1 Å². The van der Waals surface area contributed by atoms with E-state index in [9.17, 15) is 30.0 Å². The van der Waals surface area contributed by atoms with E-state index in [1.165, 1.54) is 0 Å². The van der Waals surface area contributed by atoms with Crippen molar-refractivity contribution in [1.82, 2.24) is 25.5 Å². The van der Waals surface area contributed by atoms with Crippen molar-refractivity contribution in [3.05, 3.63) is 54.1 Å². The molecule has 0 spiro atoms. The fourth-order valence-corrected chi connectivity index (χ4v) is 3.77. The zero-order valence-corrected chi connectivity index (χ0v) is 19.5. The van der Waals surface area contributed by atoms with E-state index in [0.717, 1.165) is 23.6 Å². The van der Waals surface area contributed by atoms with Gasteiger partial charge in [0.2, 0.25) is 11.7 Å². The number of carbonyl (C=O) groups excluding carboxylic acids is 1. The molecule has 1 amide bonds. The number of rotatable bonds is 11. The molecule has 0 aliphatic rings. The van der Waals surface area contributed by atoms with Crippen LogP contribution in [0.1, 0.15) is 38.7 Å². The Morgan fingerprint density at radius 1 is 1.06 bits per heavy atom. The van der Waals surface area contributed by atoms with Gasteiger partial charge in [0.1, 0.15) is 5.60 Å². The number of nitrogens with zero attached hydrogens (tertiary/aromatic N) is 4. The van der Waals surface area contributed by atoms with Crippen molar-refractivity contribution in [1.29, 1.82) is 0 Å². The Hall–Kier alpha value is -3.67. The minimum absolute atomic E-state index is 0.0240. The maximum Gasteiger partial charge on any atom is 0.360 e. The first kappa shape index (κ1) is 25.9. The number of carbonyl (C=O) groups is 2. The fraction of sp³-hybridized carbons (Fsp3) is 0.375. The summed E-state index contributed by atoms with van der Waals surface area (Å²) in [5.74, 6) is -2.07. The Labute approximate surface area is 202 Å².